The van der Waals surface area contributed by atoms with Gasteiger partial charge in [0.1, 0.15) is 17.6 Å². The van der Waals surface area contributed by atoms with E-state index in [1.165, 1.54) is 6.07 Å². The van der Waals surface area contributed by atoms with Crippen LogP contribution in [-0.2, 0) is 11.2 Å². The number of amides is 1. The number of hydrogen-bond acceptors (Lipinski definition) is 5. The lowest BCUT2D eigenvalue weighted by Crippen LogP contribution is -2.32. The van der Waals surface area contributed by atoms with E-state index in [4.69, 9.17) is 9.15 Å². The summed E-state index contributed by atoms with van der Waals surface area (Å²) in [5.41, 5.74) is 0.633. The molecule has 0 bridgehead atoms. The van der Waals surface area contributed by atoms with Crippen molar-refractivity contribution >= 4 is 17.2 Å². The van der Waals surface area contributed by atoms with Crippen molar-refractivity contribution in [3.8, 4) is 5.75 Å². The number of hydrogen-bond donors (Lipinski definition) is 0. The first-order valence-corrected chi connectivity index (χ1v) is 8.12. The topological polar surface area (TPSA) is 59.8 Å². The Labute approximate surface area is 132 Å². The minimum Gasteiger partial charge on any atom is -0.488 e. The molecule has 0 radical (unpaired) electrons. The summed E-state index contributed by atoms with van der Waals surface area (Å²) in [6.45, 7) is 2.95. The van der Waals surface area contributed by atoms with Crippen molar-refractivity contribution in [2.75, 3.05) is 13.1 Å². The normalized spacial score (nSPS) is 17.7. The largest absolute Gasteiger partial charge is 0.488 e. The van der Waals surface area contributed by atoms with Gasteiger partial charge in [0.15, 0.2) is 0 Å². The number of likely N-dealkylation sites (tertiary alicyclic amines) is 1. The van der Waals surface area contributed by atoms with Crippen molar-refractivity contribution in [2.45, 2.75) is 25.9 Å². The van der Waals surface area contributed by atoms with E-state index in [0.29, 0.717) is 31.0 Å². The minimum absolute atomic E-state index is 0.0763. The van der Waals surface area contributed by atoms with Crippen LogP contribution < -0.4 is 10.4 Å². The zero-order valence-electron chi connectivity index (χ0n) is 12.3. The van der Waals surface area contributed by atoms with E-state index in [1.54, 1.807) is 24.3 Å². The molecule has 1 aliphatic rings. The van der Waals surface area contributed by atoms with Crippen LogP contribution in [0.25, 0.3) is 0 Å². The summed E-state index contributed by atoms with van der Waals surface area (Å²) in [4.78, 5) is 25.4. The Kier molecular flexibility index (Phi) is 4.29. The van der Waals surface area contributed by atoms with Crippen LogP contribution in [-0.4, -0.2) is 30.0 Å². The molecule has 0 aliphatic carbocycles. The highest BCUT2D eigenvalue weighted by Gasteiger charge is 2.27. The maximum atomic E-state index is 12.2. The summed E-state index contributed by atoms with van der Waals surface area (Å²) in [6, 6.07) is 5.00. The molecule has 0 aromatic carbocycles. The highest BCUT2D eigenvalue weighted by Crippen LogP contribution is 2.19. The molecule has 1 amide bonds. The standard InChI is InChI=1S/C16H17NO4S/c1-11-6-14(8-16(19)20-11)21-13-2-4-17(9-13)15(18)7-12-3-5-22-10-12/h3,5-6,8,10,13H,2,4,7,9H2,1H3/t13-/m0/s1. The van der Waals surface area contributed by atoms with E-state index in [1.807, 2.05) is 21.7 Å². The molecule has 0 unspecified atom stereocenters. The van der Waals surface area contributed by atoms with Gasteiger partial charge in [-0.25, -0.2) is 4.79 Å². The number of aryl methyl sites for hydroxylation is 1. The summed E-state index contributed by atoms with van der Waals surface area (Å²) in [5, 5.41) is 3.97. The Morgan fingerprint density at radius 1 is 1.50 bits per heavy atom. The Balaban J connectivity index is 1.57. The Morgan fingerprint density at radius 2 is 2.36 bits per heavy atom. The van der Waals surface area contributed by atoms with E-state index < -0.39 is 5.63 Å². The number of carbonyl (C=O) groups is 1. The molecular weight excluding hydrogens is 302 g/mol. The third-order valence-corrected chi connectivity index (χ3v) is 4.34. The van der Waals surface area contributed by atoms with Gasteiger partial charge < -0.3 is 14.1 Å². The average Bonchev–Trinajstić information content (AvgIpc) is 3.09. The van der Waals surface area contributed by atoms with Gasteiger partial charge in [-0.15, -0.1) is 0 Å². The zero-order valence-corrected chi connectivity index (χ0v) is 13.1. The first kappa shape index (κ1) is 14.8. The second kappa shape index (κ2) is 6.36. The third kappa shape index (κ3) is 3.57. The molecule has 1 fully saturated rings. The molecule has 1 saturated heterocycles. The van der Waals surface area contributed by atoms with E-state index in [2.05, 4.69) is 0 Å². The maximum absolute atomic E-state index is 12.2. The van der Waals surface area contributed by atoms with Gasteiger partial charge in [0.25, 0.3) is 0 Å². The minimum atomic E-state index is -0.418. The summed E-state index contributed by atoms with van der Waals surface area (Å²) in [6.07, 6.45) is 1.13. The first-order valence-electron chi connectivity index (χ1n) is 7.17. The monoisotopic (exact) mass is 319 g/mol. The fourth-order valence-electron chi connectivity index (χ4n) is 2.57. The lowest BCUT2D eigenvalue weighted by atomic mass is 10.2. The maximum Gasteiger partial charge on any atom is 0.339 e. The van der Waals surface area contributed by atoms with Crippen LogP contribution in [0.15, 0.2) is 38.2 Å². The van der Waals surface area contributed by atoms with Gasteiger partial charge in [0.05, 0.1) is 19.0 Å². The fraction of sp³-hybridized carbons (Fsp3) is 0.375. The van der Waals surface area contributed by atoms with Gasteiger partial charge in [0, 0.05) is 19.0 Å². The van der Waals surface area contributed by atoms with Crippen molar-refractivity contribution in [2.24, 2.45) is 0 Å². The smallest absolute Gasteiger partial charge is 0.339 e. The van der Waals surface area contributed by atoms with Crippen LogP contribution >= 0.6 is 11.3 Å². The van der Waals surface area contributed by atoms with Gasteiger partial charge in [-0.1, -0.05) is 0 Å². The van der Waals surface area contributed by atoms with Gasteiger partial charge in [-0.3, -0.25) is 4.79 Å². The van der Waals surface area contributed by atoms with Crippen molar-refractivity contribution in [1.82, 2.24) is 4.90 Å². The molecule has 6 heteroatoms. The van der Waals surface area contributed by atoms with Gasteiger partial charge >= 0.3 is 5.63 Å². The average molecular weight is 319 g/mol. The Bertz CT molecular complexity index is 707. The van der Waals surface area contributed by atoms with E-state index in [9.17, 15) is 9.59 Å². The first-order chi connectivity index (χ1) is 10.6. The van der Waals surface area contributed by atoms with Crippen LogP contribution in [0, 0.1) is 6.92 Å². The van der Waals surface area contributed by atoms with Crippen molar-refractivity contribution in [1.29, 1.82) is 0 Å². The molecule has 0 N–H and O–H groups in total. The van der Waals surface area contributed by atoms with E-state index >= 15 is 0 Å². The second-order valence-corrected chi connectivity index (χ2v) is 6.18. The van der Waals surface area contributed by atoms with Crippen LogP contribution in [0.3, 0.4) is 0 Å². The fourth-order valence-corrected chi connectivity index (χ4v) is 3.24. The summed E-state index contributed by atoms with van der Waals surface area (Å²) in [7, 11) is 0. The number of carbonyl (C=O) groups excluding carboxylic acids is 1. The van der Waals surface area contributed by atoms with Crippen LogP contribution in [0.2, 0.25) is 0 Å². The number of thiophene rings is 1. The lowest BCUT2D eigenvalue weighted by molar-refractivity contribution is -0.129. The number of nitrogens with zero attached hydrogens (tertiary/aromatic N) is 1. The van der Waals surface area contributed by atoms with Gasteiger partial charge in [-0.2, -0.15) is 11.3 Å². The lowest BCUT2D eigenvalue weighted by Gasteiger charge is -2.17. The molecule has 116 valence electrons. The molecule has 5 nitrogen and oxygen atoms in total. The highest BCUT2D eigenvalue weighted by molar-refractivity contribution is 7.07. The van der Waals surface area contributed by atoms with Crippen molar-refractivity contribution in [3.63, 3.8) is 0 Å². The Hall–Kier alpha value is -2.08. The molecule has 3 rings (SSSR count). The molecule has 3 heterocycles. The van der Waals surface area contributed by atoms with E-state index in [-0.39, 0.29) is 12.0 Å². The zero-order chi connectivity index (χ0) is 15.5. The van der Waals surface area contributed by atoms with Crippen LogP contribution in [0.5, 0.6) is 5.75 Å². The molecule has 0 saturated carbocycles. The van der Waals surface area contributed by atoms with Crippen LogP contribution in [0.1, 0.15) is 17.7 Å². The van der Waals surface area contributed by atoms with Crippen molar-refractivity contribution in [3.05, 3.63) is 50.7 Å². The SMILES string of the molecule is Cc1cc(O[C@H]2CCN(C(=O)Cc3ccsc3)C2)cc(=O)o1. The quantitative estimate of drug-likeness (QED) is 0.867. The van der Waals surface area contributed by atoms with Gasteiger partial charge in [-0.05, 0) is 29.3 Å². The molecule has 2 aromatic heterocycles. The predicted molar refractivity (Wildman–Crippen MR) is 83.4 cm³/mol. The molecule has 1 aliphatic heterocycles. The molecule has 0 spiro atoms. The summed E-state index contributed by atoms with van der Waals surface area (Å²) < 4.78 is 10.7. The Morgan fingerprint density at radius 3 is 3.09 bits per heavy atom. The van der Waals surface area contributed by atoms with Crippen LogP contribution in [0.4, 0.5) is 0 Å². The molecule has 22 heavy (non-hydrogen) atoms. The third-order valence-electron chi connectivity index (χ3n) is 3.60. The second-order valence-electron chi connectivity index (χ2n) is 5.40. The predicted octanol–water partition coefficient (Wildman–Crippen LogP) is 2.23. The molecule has 2 aromatic rings. The van der Waals surface area contributed by atoms with E-state index in [0.717, 1.165) is 12.0 Å². The molecule has 1 atom stereocenters. The number of ether oxygens (including phenoxy) is 1. The van der Waals surface area contributed by atoms with Crippen molar-refractivity contribution < 1.29 is 13.9 Å². The van der Waals surface area contributed by atoms with Gasteiger partial charge in [0.2, 0.25) is 5.91 Å². The highest BCUT2D eigenvalue weighted by atomic mass is 32.1. The molecular formula is C16H17NO4S. The number of rotatable bonds is 4. The summed E-state index contributed by atoms with van der Waals surface area (Å²) >= 11 is 1.60. The summed E-state index contributed by atoms with van der Waals surface area (Å²) in [5.74, 6) is 1.14.